The molecule has 6 heteroatoms. The minimum absolute atomic E-state index is 0.00828. The van der Waals surface area contributed by atoms with Crippen LogP contribution in [0.1, 0.15) is 26.2 Å². The molecular formula is C13H17N5O. The van der Waals surface area contributed by atoms with E-state index in [1.54, 1.807) is 7.11 Å². The van der Waals surface area contributed by atoms with Crippen LogP contribution in [-0.2, 0) is 5.54 Å². The van der Waals surface area contributed by atoms with Gasteiger partial charge in [-0.05, 0) is 54.8 Å². The number of anilines is 1. The maximum atomic E-state index is 6.04. The summed E-state index contributed by atoms with van der Waals surface area (Å²) in [5, 5.41) is 12.1. The van der Waals surface area contributed by atoms with Gasteiger partial charge in [-0.1, -0.05) is 0 Å². The van der Waals surface area contributed by atoms with Crippen LogP contribution in [0.2, 0.25) is 0 Å². The molecular weight excluding hydrogens is 242 g/mol. The molecule has 0 aliphatic heterocycles. The maximum Gasteiger partial charge on any atom is 0.184 e. The molecule has 1 aliphatic rings. The minimum atomic E-state index is 0.00828. The minimum Gasteiger partial charge on any atom is -0.497 e. The summed E-state index contributed by atoms with van der Waals surface area (Å²) in [6.07, 6.45) is 3.40. The Kier molecular flexibility index (Phi) is 2.66. The summed E-state index contributed by atoms with van der Waals surface area (Å²) in [4.78, 5) is 0. The van der Waals surface area contributed by atoms with Crippen LogP contribution in [0.5, 0.6) is 5.75 Å². The molecule has 100 valence electrons. The topological polar surface area (TPSA) is 78.8 Å². The second-order valence-corrected chi connectivity index (χ2v) is 5.22. The molecule has 0 bridgehead atoms. The third-order valence-corrected chi connectivity index (χ3v) is 3.91. The fourth-order valence-electron chi connectivity index (χ4n) is 2.47. The van der Waals surface area contributed by atoms with Crippen molar-refractivity contribution < 1.29 is 4.74 Å². The van der Waals surface area contributed by atoms with E-state index < -0.39 is 0 Å². The second kappa shape index (κ2) is 4.22. The number of tetrazole rings is 1. The van der Waals surface area contributed by atoms with E-state index in [0.717, 1.165) is 24.2 Å². The molecule has 3 rings (SSSR count). The normalized spacial score (nSPS) is 16.9. The Labute approximate surface area is 111 Å². The van der Waals surface area contributed by atoms with Gasteiger partial charge in [-0.25, -0.2) is 4.68 Å². The lowest BCUT2D eigenvalue weighted by Crippen LogP contribution is -2.38. The number of nitrogens with two attached hydrogens (primary N) is 1. The summed E-state index contributed by atoms with van der Waals surface area (Å²) in [5.74, 6) is 1.45. The van der Waals surface area contributed by atoms with Gasteiger partial charge in [-0.2, -0.15) is 0 Å². The molecule has 1 aromatic heterocycles. The van der Waals surface area contributed by atoms with Gasteiger partial charge >= 0.3 is 0 Å². The van der Waals surface area contributed by atoms with Crippen LogP contribution in [0.15, 0.2) is 18.2 Å². The van der Waals surface area contributed by atoms with Crippen molar-refractivity contribution in [1.29, 1.82) is 0 Å². The highest BCUT2D eigenvalue weighted by Crippen LogP contribution is 2.41. The fraction of sp³-hybridized carbons (Fsp3) is 0.462. The lowest BCUT2D eigenvalue weighted by molar-refractivity contribution is 0.148. The predicted octanol–water partition coefficient (Wildman–Crippen LogP) is 1.83. The summed E-state index contributed by atoms with van der Waals surface area (Å²) >= 11 is 0. The van der Waals surface area contributed by atoms with Gasteiger partial charge in [-0.15, -0.1) is 5.10 Å². The Morgan fingerprint density at radius 2 is 2.16 bits per heavy atom. The SMILES string of the molecule is COc1ccc(N)c(-c2nnnn2C2(C)CCC2)c1. The van der Waals surface area contributed by atoms with Crippen molar-refractivity contribution in [2.75, 3.05) is 12.8 Å². The number of methoxy groups -OCH3 is 1. The smallest absolute Gasteiger partial charge is 0.184 e. The van der Waals surface area contributed by atoms with E-state index in [2.05, 4.69) is 22.4 Å². The zero-order chi connectivity index (χ0) is 13.5. The van der Waals surface area contributed by atoms with Crippen LogP contribution in [-0.4, -0.2) is 27.3 Å². The number of aromatic nitrogens is 4. The first-order valence-corrected chi connectivity index (χ1v) is 6.37. The van der Waals surface area contributed by atoms with E-state index in [9.17, 15) is 0 Å². The van der Waals surface area contributed by atoms with Crippen molar-refractivity contribution >= 4 is 5.69 Å². The van der Waals surface area contributed by atoms with Gasteiger partial charge in [0, 0.05) is 11.3 Å². The van der Waals surface area contributed by atoms with Gasteiger partial charge in [0.1, 0.15) is 5.75 Å². The van der Waals surface area contributed by atoms with Crippen molar-refractivity contribution in [2.45, 2.75) is 31.7 Å². The lowest BCUT2D eigenvalue weighted by atomic mass is 9.78. The molecule has 2 aromatic rings. The number of nitrogen functional groups attached to an aromatic ring is 1. The second-order valence-electron chi connectivity index (χ2n) is 5.22. The Hall–Kier alpha value is -2.11. The van der Waals surface area contributed by atoms with Gasteiger partial charge in [0.15, 0.2) is 5.82 Å². The van der Waals surface area contributed by atoms with Crippen molar-refractivity contribution in [2.24, 2.45) is 0 Å². The average Bonchev–Trinajstić information content (AvgIpc) is 2.86. The summed E-state index contributed by atoms with van der Waals surface area (Å²) in [7, 11) is 1.63. The average molecular weight is 259 g/mol. The Morgan fingerprint density at radius 3 is 2.79 bits per heavy atom. The van der Waals surface area contributed by atoms with Gasteiger partial charge in [-0.3, -0.25) is 0 Å². The first kappa shape index (κ1) is 12.0. The van der Waals surface area contributed by atoms with Gasteiger partial charge < -0.3 is 10.5 Å². The first-order chi connectivity index (χ1) is 9.14. The molecule has 0 saturated heterocycles. The highest BCUT2D eigenvalue weighted by Gasteiger charge is 2.37. The van der Waals surface area contributed by atoms with E-state index in [4.69, 9.17) is 10.5 Å². The monoisotopic (exact) mass is 259 g/mol. The highest BCUT2D eigenvalue weighted by atomic mass is 16.5. The van der Waals surface area contributed by atoms with E-state index in [-0.39, 0.29) is 5.54 Å². The van der Waals surface area contributed by atoms with Crippen LogP contribution in [0.25, 0.3) is 11.4 Å². The molecule has 1 aromatic carbocycles. The number of hydrogen-bond acceptors (Lipinski definition) is 5. The van der Waals surface area contributed by atoms with Crippen LogP contribution >= 0.6 is 0 Å². The number of ether oxygens (including phenoxy) is 1. The van der Waals surface area contributed by atoms with Crippen molar-refractivity contribution in [3.63, 3.8) is 0 Å². The van der Waals surface area contributed by atoms with Crippen LogP contribution in [0.3, 0.4) is 0 Å². The molecule has 1 heterocycles. The summed E-state index contributed by atoms with van der Waals surface area (Å²) in [5.41, 5.74) is 7.52. The molecule has 1 fully saturated rings. The Morgan fingerprint density at radius 1 is 1.37 bits per heavy atom. The molecule has 6 nitrogen and oxygen atoms in total. The van der Waals surface area contributed by atoms with Crippen molar-refractivity contribution in [3.8, 4) is 17.1 Å². The van der Waals surface area contributed by atoms with Gasteiger partial charge in [0.25, 0.3) is 0 Å². The highest BCUT2D eigenvalue weighted by molar-refractivity contribution is 5.73. The zero-order valence-electron chi connectivity index (χ0n) is 11.1. The van der Waals surface area contributed by atoms with Gasteiger partial charge in [0.2, 0.25) is 0 Å². The number of nitrogens with zero attached hydrogens (tertiary/aromatic N) is 4. The van der Waals surface area contributed by atoms with Gasteiger partial charge in [0.05, 0.1) is 12.6 Å². The van der Waals surface area contributed by atoms with E-state index in [1.165, 1.54) is 6.42 Å². The molecule has 0 spiro atoms. The first-order valence-electron chi connectivity index (χ1n) is 6.37. The predicted molar refractivity (Wildman–Crippen MR) is 71.7 cm³/mol. The standard InChI is InChI=1S/C13H17N5O/c1-13(6-3-7-13)18-12(15-16-17-18)10-8-9(19-2)4-5-11(10)14/h4-5,8H,3,6-7,14H2,1-2H3. The van der Waals surface area contributed by atoms with Crippen molar-refractivity contribution in [3.05, 3.63) is 18.2 Å². The largest absolute Gasteiger partial charge is 0.497 e. The number of hydrogen-bond donors (Lipinski definition) is 1. The molecule has 0 atom stereocenters. The molecule has 0 amide bonds. The van der Waals surface area contributed by atoms with E-state index >= 15 is 0 Å². The van der Waals surface area contributed by atoms with Crippen LogP contribution in [0.4, 0.5) is 5.69 Å². The summed E-state index contributed by atoms with van der Waals surface area (Å²) in [6, 6.07) is 5.52. The molecule has 1 aliphatic carbocycles. The molecule has 19 heavy (non-hydrogen) atoms. The molecule has 0 radical (unpaired) electrons. The maximum absolute atomic E-state index is 6.04. The summed E-state index contributed by atoms with van der Waals surface area (Å²) < 4.78 is 7.13. The third-order valence-electron chi connectivity index (χ3n) is 3.91. The number of benzene rings is 1. The molecule has 2 N–H and O–H groups in total. The zero-order valence-corrected chi connectivity index (χ0v) is 11.1. The molecule has 1 saturated carbocycles. The summed E-state index contributed by atoms with van der Waals surface area (Å²) in [6.45, 7) is 2.17. The molecule has 0 unspecified atom stereocenters. The van der Waals surface area contributed by atoms with E-state index in [1.807, 2.05) is 22.9 Å². The number of rotatable bonds is 3. The Balaban J connectivity index is 2.10. The third kappa shape index (κ3) is 1.83. The Bertz CT molecular complexity index is 603. The van der Waals surface area contributed by atoms with E-state index in [0.29, 0.717) is 11.5 Å². The quantitative estimate of drug-likeness (QED) is 0.851. The van der Waals surface area contributed by atoms with Crippen LogP contribution in [0, 0.1) is 0 Å². The lowest BCUT2D eigenvalue weighted by Gasteiger charge is -2.38. The fourth-order valence-corrected chi connectivity index (χ4v) is 2.47. The van der Waals surface area contributed by atoms with Crippen LogP contribution < -0.4 is 10.5 Å². The van der Waals surface area contributed by atoms with Crippen molar-refractivity contribution in [1.82, 2.24) is 20.2 Å².